The van der Waals surface area contributed by atoms with Crippen LogP contribution in [0.5, 0.6) is 0 Å². The number of nitrogens with two attached hydrogens (primary N) is 3. The number of primary amides is 1. The highest BCUT2D eigenvalue weighted by molar-refractivity contribution is 5.80. The number of carbonyl (C=O) groups is 1. The number of hydrogen-bond acceptors (Lipinski definition) is 5. The van der Waals surface area contributed by atoms with E-state index in [1.165, 1.54) is 0 Å². The van der Waals surface area contributed by atoms with Crippen molar-refractivity contribution in [2.75, 3.05) is 6.54 Å². The first-order chi connectivity index (χ1) is 8.14. The van der Waals surface area contributed by atoms with Gasteiger partial charge in [-0.05, 0) is 19.4 Å². The third-order valence-corrected chi connectivity index (χ3v) is 2.65. The Hall–Kier alpha value is -1.11. The zero-order chi connectivity index (χ0) is 14.3. The van der Waals surface area contributed by atoms with Gasteiger partial charge in [0, 0.05) is 11.1 Å². The van der Waals surface area contributed by atoms with Crippen LogP contribution in [0.25, 0.3) is 0 Å². The molecule has 0 spiro atoms. The van der Waals surface area contributed by atoms with Crippen LogP contribution < -0.4 is 27.8 Å². The molecular formula is C12H27N5O. The smallest absolute Gasteiger partial charge is 0.239 e. The zero-order valence-corrected chi connectivity index (χ0v) is 11.6. The summed E-state index contributed by atoms with van der Waals surface area (Å²) in [6.07, 6.45) is 0.835. The fourth-order valence-corrected chi connectivity index (χ4v) is 1.29. The fourth-order valence-electron chi connectivity index (χ4n) is 1.29. The highest BCUT2D eigenvalue weighted by Crippen LogP contribution is 2.21. The normalized spacial score (nSPS) is 13.4. The van der Waals surface area contributed by atoms with E-state index >= 15 is 0 Å². The summed E-state index contributed by atoms with van der Waals surface area (Å²) in [4.78, 5) is 11.3. The molecule has 0 heterocycles. The van der Waals surface area contributed by atoms with E-state index in [1.807, 2.05) is 20.8 Å². The van der Waals surface area contributed by atoms with Crippen LogP contribution >= 0.6 is 0 Å². The van der Waals surface area contributed by atoms with Crippen molar-refractivity contribution in [1.82, 2.24) is 10.6 Å². The lowest BCUT2D eigenvalue weighted by atomic mass is 9.92. The maximum Gasteiger partial charge on any atom is 0.239 e. The van der Waals surface area contributed by atoms with Crippen LogP contribution in [0.1, 0.15) is 33.6 Å². The first-order valence-corrected chi connectivity index (χ1v) is 6.14. The van der Waals surface area contributed by atoms with Crippen molar-refractivity contribution in [3.63, 3.8) is 0 Å². The molecule has 1 atom stereocenters. The first-order valence-electron chi connectivity index (χ1n) is 6.14. The topological polar surface area (TPSA) is 119 Å². The maximum atomic E-state index is 11.3. The molecule has 0 aromatic carbocycles. The molecule has 0 fully saturated rings. The Morgan fingerprint density at radius 3 is 2.28 bits per heavy atom. The minimum Gasteiger partial charge on any atom is -0.377 e. The molecule has 18 heavy (non-hydrogen) atoms. The van der Waals surface area contributed by atoms with Gasteiger partial charge in [-0.2, -0.15) is 0 Å². The summed E-state index contributed by atoms with van der Waals surface area (Å²) in [5.74, 6) is -0.377. The van der Waals surface area contributed by atoms with Gasteiger partial charge in [-0.25, -0.2) is 0 Å². The van der Waals surface area contributed by atoms with E-state index in [-0.39, 0.29) is 11.3 Å². The highest BCUT2D eigenvalue weighted by atomic mass is 16.1. The largest absolute Gasteiger partial charge is 0.377 e. The van der Waals surface area contributed by atoms with E-state index < -0.39 is 12.3 Å². The standard InChI is InChI=1S/C12H27N5O/c1-8(12(2,3)4)17-9(10(13)18)6-5-7-16-11(14)15/h9,11,16-17H,1,5-7,14-15H2,2-4H3,(H2,13,18)/t9-/m0/s1. The van der Waals surface area contributed by atoms with Crippen LogP contribution in [0.3, 0.4) is 0 Å². The minimum absolute atomic E-state index is 0.106. The van der Waals surface area contributed by atoms with Gasteiger partial charge in [-0.1, -0.05) is 27.4 Å². The Labute approximate surface area is 109 Å². The molecule has 0 aliphatic carbocycles. The highest BCUT2D eigenvalue weighted by Gasteiger charge is 2.21. The van der Waals surface area contributed by atoms with Crippen LogP contribution in [0, 0.1) is 5.41 Å². The maximum absolute atomic E-state index is 11.3. The number of nitrogens with one attached hydrogen (secondary N) is 2. The number of rotatable bonds is 8. The van der Waals surface area contributed by atoms with Gasteiger partial charge in [0.05, 0.1) is 0 Å². The van der Waals surface area contributed by atoms with E-state index in [1.54, 1.807) is 0 Å². The third-order valence-electron chi connectivity index (χ3n) is 2.65. The summed E-state index contributed by atoms with van der Waals surface area (Å²) in [7, 11) is 0. The quantitative estimate of drug-likeness (QED) is 0.298. The third kappa shape index (κ3) is 7.26. The summed E-state index contributed by atoms with van der Waals surface area (Å²) in [6.45, 7) is 10.6. The molecule has 6 nitrogen and oxygen atoms in total. The summed E-state index contributed by atoms with van der Waals surface area (Å²) < 4.78 is 0. The molecule has 0 aliphatic heterocycles. The van der Waals surface area contributed by atoms with E-state index in [0.717, 1.165) is 12.1 Å². The molecule has 0 aliphatic rings. The summed E-state index contributed by atoms with van der Waals surface area (Å²) in [5.41, 5.74) is 16.8. The Morgan fingerprint density at radius 2 is 1.89 bits per heavy atom. The van der Waals surface area contributed by atoms with Gasteiger partial charge in [0.15, 0.2) is 0 Å². The second kappa shape index (κ2) is 7.35. The molecule has 0 bridgehead atoms. The summed E-state index contributed by atoms with van der Waals surface area (Å²) in [5, 5.41) is 5.96. The van der Waals surface area contributed by atoms with Crippen LogP contribution in [-0.4, -0.2) is 24.8 Å². The van der Waals surface area contributed by atoms with Crippen LogP contribution in [0.2, 0.25) is 0 Å². The van der Waals surface area contributed by atoms with Gasteiger partial charge in [-0.3, -0.25) is 10.1 Å². The lowest BCUT2D eigenvalue weighted by Crippen LogP contribution is -2.46. The fraction of sp³-hybridized carbons (Fsp3) is 0.750. The molecule has 0 saturated carbocycles. The lowest BCUT2D eigenvalue weighted by molar-refractivity contribution is -0.120. The van der Waals surface area contributed by atoms with Crippen LogP contribution in [-0.2, 0) is 4.79 Å². The molecule has 0 aromatic rings. The molecule has 0 radical (unpaired) electrons. The minimum atomic E-state index is -0.533. The second-order valence-corrected chi connectivity index (χ2v) is 5.45. The SMILES string of the molecule is C=C(N[C@@H](CCCNC(N)N)C(N)=O)C(C)(C)C. The van der Waals surface area contributed by atoms with Crippen molar-refractivity contribution in [3.8, 4) is 0 Å². The Bertz CT molecular complexity index is 283. The molecule has 1 amide bonds. The first kappa shape index (κ1) is 16.9. The van der Waals surface area contributed by atoms with Crippen molar-refractivity contribution in [2.24, 2.45) is 22.6 Å². The van der Waals surface area contributed by atoms with Gasteiger partial charge < -0.3 is 22.5 Å². The van der Waals surface area contributed by atoms with Crippen LogP contribution in [0.15, 0.2) is 12.3 Å². The van der Waals surface area contributed by atoms with E-state index in [4.69, 9.17) is 17.2 Å². The van der Waals surface area contributed by atoms with Gasteiger partial charge in [-0.15, -0.1) is 0 Å². The van der Waals surface area contributed by atoms with Crippen molar-refractivity contribution >= 4 is 5.91 Å². The second-order valence-electron chi connectivity index (χ2n) is 5.45. The van der Waals surface area contributed by atoms with Gasteiger partial charge in [0.1, 0.15) is 12.3 Å². The van der Waals surface area contributed by atoms with E-state index in [0.29, 0.717) is 13.0 Å². The summed E-state index contributed by atoms with van der Waals surface area (Å²) in [6, 6.07) is -0.410. The molecule has 0 aromatic heterocycles. The molecule has 0 saturated heterocycles. The number of hydrogen-bond donors (Lipinski definition) is 5. The van der Waals surface area contributed by atoms with Crippen molar-refractivity contribution in [3.05, 3.63) is 12.3 Å². The van der Waals surface area contributed by atoms with Crippen LogP contribution in [0.4, 0.5) is 0 Å². The Morgan fingerprint density at radius 1 is 1.33 bits per heavy atom. The number of carbonyl (C=O) groups excluding carboxylic acids is 1. The Kier molecular flexibility index (Phi) is 6.90. The molecule has 0 rings (SSSR count). The van der Waals surface area contributed by atoms with Gasteiger partial charge in [0.25, 0.3) is 0 Å². The zero-order valence-electron chi connectivity index (χ0n) is 11.6. The molecule has 8 N–H and O–H groups in total. The van der Waals surface area contributed by atoms with E-state index in [2.05, 4.69) is 17.2 Å². The molecular weight excluding hydrogens is 230 g/mol. The molecule has 0 unspecified atom stereocenters. The average molecular weight is 257 g/mol. The van der Waals surface area contributed by atoms with E-state index in [9.17, 15) is 4.79 Å². The number of amides is 1. The Balaban J connectivity index is 4.17. The van der Waals surface area contributed by atoms with Gasteiger partial charge in [0.2, 0.25) is 5.91 Å². The van der Waals surface area contributed by atoms with Crippen molar-refractivity contribution in [2.45, 2.75) is 45.9 Å². The predicted octanol–water partition coefficient (Wildman–Crippen LogP) is -0.439. The van der Waals surface area contributed by atoms with Gasteiger partial charge >= 0.3 is 0 Å². The van der Waals surface area contributed by atoms with Crippen molar-refractivity contribution in [1.29, 1.82) is 0 Å². The average Bonchev–Trinajstić information content (AvgIpc) is 2.19. The predicted molar refractivity (Wildman–Crippen MR) is 74.1 cm³/mol. The monoisotopic (exact) mass is 257 g/mol. The molecule has 106 valence electrons. The lowest BCUT2D eigenvalue weighted by Gasteiger charge is -2.27. The number of allylic oxidation sites excluding steroid dienone is 1. The van der Waals surface area contributed by atoms with Crippen molar-refractivity contribution < 1.29 is 4.79 Å². The molecule has 6 heteroatoms. The summed E-state index contributed by atoms with van der Waals surface area (Å²) >= 11 is 0.